The minimum Gasteiger partial charge on any atom is -0.481 e. The maximum Gasteiger partial charge on any atom is 0.217 e. The number of hydrogen-bond acceptors (Lipinski definition) is 5. The molecular weight excluding hydrogens is 280 g/mol. The number of rotatable bonds is 6. The van der Waals surface area contributed by atoms with Gasteiger partial charge in [0.05, 0.1) is 19.8 Å². The lowest BCUT2D eigenvalue weighted by atomic mass is 10.0. The first-order valence-corrected chi connectivity index (χ1v) is 7.89. The molecule has 0 amide bonds. The van der Waals surface area contributed by atoms with E-state index in [9.17, 15) is 0 Å². The predicted molar refractivity (Wildman–Crippen MR) is 83.9 cm³/mol. The second kappa shape index (κ2) is 7.22. The van der Waals surface area contributed by atoms with Crippen LogP contribution in [0.4, 0.5) is 0 Å². The summed E-state index contributed by atoms with van der Waals surface area (Å²) in [6, 6.07) is 4.44. The predicted octanol–water partition coefficient (Wildman–Crippen LogP) is 2.02. The molecule has 2 saturated heterocycles. The summed E-state index contributed by atoms with van der Waals surface area (Å²) in [6.45, 7) is 6.83. The third-order valence-corrected chi connectivity index (χ3v) is 4.43. The van der Waals surface area contributed by atoms with Crippen molar-refractivity contribution < 1.29 is 14.2 Å². The highest BCUT2D eigenvalue weighted by Crippen LogP contribution is 2.32. The molecule has 5 heteroatoms. The number of likely N-dealkylation sites (tertiary alicyclic amines) is 1. The van der Waals surface area contributed by atoms with Gasteiger partial charge in [-0.3, -0.25) is 4.90 Å². The summed E-state index contributed by atoms with van der Waals surface area (Å²) in [6.07, 6.45) is 6.10. The van der Waals surface area contributed by atoms with Crippen molar-refractivity contribution in [3.05, 3.63) is 36.5 Å². The van der Waals surface area contributed by atoms with E-state index in [0.29, 0.717) is 18.5 Å². The van der Waals surface area contributed by atoms with E-state index in [1.807, 2.05) is 6.07 Å². The molecule has 3 heterocycles. The van der Waals surface area contributed by atoms with Gasteiger partial charge in [0.25, 0.3) is 0 Å². The van der Waals surface area contributed by atoms with Crippen LogP contribution < -0.4 is 4.74 Å². The molecule has 22 heavy (non-hydrogen) atoms. The van der Waals surface area contributed by atoms with Crippen LogP contribution in [0.1, 0.15) is 18.4 Å². The summed E-state index contributed by atoms with van der Waals surface area (Å²) in [5, 5.41) is 0. The summed E-state index contributed by atoms with van der Waals surface area (Å²) in [4.78, 5) is 6.73. The van der Waals surface area contributed by atoms with Gasteiger partial charge in [-0.05, 0) is 18.9 Å². The van der Waals surface area contributed by atoms with Crippen molar-refractivity contribution >= 4 is 0 Å². The minimum absolute atomic E-state index is 0.117. The zero-order chi connectivity index (χ0) is 15.4. The van der Waals surface area contributed by atoms with Gasteiger partial charge in [0.1, 0.15) is 6.10 Å². The molecule has 1 aromatic rings. The van der Waals surface area contributed by atoms with Gasteiger partial charge in [0.2, 0.25) is 5.88 Å². The van der Waals surface area contributed by atoms with Crippen LogP contribution in [0.5, 0.6) is 5.88 Å². The maximum atomic E-state index is 5.99. The molecule has 0 bridgehead atoms. The minimum atomic E-state index is 0.117. The number of pyridine rings is 1. The number of aromatic nitrogens is 1. The van der Waals surface area contributed by atoms with Crippen molar-refractivity contribution in [3.63, 3.8) is 0 Å². The van der Waals surface area contributed by atoms with Crippen LogP contribution in [0.25, 0.3) is 0 Å². The molecule has 3 rings (SSSR count). The highest BCUT2D eigenvalue weighted by Gasteiger charge is 2.44. The fourth-order valence-electron chi connectivity index (χ4n) is 3.47. The van der Waals surface area contributed by atoms with Gasteiger partial charge >= 0.3 is 0 Å². The van der Waals surface area contributed by atoms with Gasteiger partial charge in [-0.2, -0.15) is 0 Å². The molecule has 2 aliphatic heterocycles. The van der Waals surface area contributed by atoms with E-state index >= 15 is 0 Å². The Hall–Kier alpha value is -1.43. The molecule has 2 aliphatic rings. The van der Waals surface area contributed by atoms with E-state index in [4.69, 9.17) is 14.2 Å². The van der Waals surface area contributed by atoms with Gasteiger partial charge in [-0.15, -0.1) is 6.58 Å². The first kappa shape index (κ1) is 15.5. The Balaban J connectivity index is 1.73. The van der Waals surface area contributed by atoms with Crippen LogP contribution in [-0.2, 0) is 16.0 Å². The van der Waals surface area contributed by atoms with Gasteiger partial charge in [0.15, 0.2) is 0 Å². The molecule has 0 unspecified atom stereocenters. The van der Waals surface area contributed by atoms with Crippen LogP contribution in [0, 0.1) is 0 Å². The SMILES string of the molecule is C=CCO[C@@H]1CN(Cc2cccnc2OC)[C@H]2CCCO[C@@H]12. The van der Waals surface area contributed by atoms with E-state index in [1.54, 1.807) is 19.4 Å². The van der Waals surface area contributed by atoms with Crippen molar-refractivity contribution in [1.82, 2.24) is 9.88 Å². The zero-order valence-corrected chi connectivity index (χ0v) is 13.1. The molecule has 2 fully saturated rings. The zero-order valence-electron chi connectivity index (χ0n) is 13.1. The molecule has 3 atom stereocenters. The summed E-state index contributed by atoms with van der Waals surface area (Å²) in [5.74, 6) is 0.700. The fraction of sp³-hybridized carbons (Fsp3) is 0.588. The van der Waals surface area contributed by atoms with E-state index in [2.05, 4.69) is 22.5 Å². The largest absolute Gasteiger partial charge is 0.481 e. The van der Waals surface area contributed by atoms with Gasteiger partial charge in [-0.25, -0.2) is 4.98 Å². The molecule has 0 saturated carbocycles. The molecule has 0 radical (unpaired) electrons. The van der Waals surface area contributed by atoms with Crippen molar-refractivity contribution in [1.29, 1.82) is 0 Å². The van der Waals surface area contributed by atoms with Crippen LogP contribution in [0.2, 0.25) is 0 Å². The summed E-state index contributed by atoms with van der Waals surface area (Å²) < 4.78 is 17.3. The van der Waals surface area contributed by atoms with Crippen LogP contribution in [-0.4, -0.2) is 55.0 Å². The topological polar surface area (TPSA) is 43.8 Å². The Morgan fingerprint density at radius 2 is 2.45 bits per heavy atom. The Kier molecular flexibility index (Phi) is 5.08. The van der Waals surface area contributed by atoms with Crippen molar-refractivity contribution in [2.45, 2.75) is 37.6 Å². The van der Waals surface area contributed by atoms with E-state index in [-0.39, 0.29) is 12.2 Å². The third-order valence-electron chi connectivity index (χ3n) is 4.43. The van der Waals surface area contributed by atoms with Crippen LogP contribution in [0.15, 0.2) is 31.0 Å². The second-order valence-electron chi connectivity index (χ2n) is 5.81. The van der Waals surface area contributed by atoms with Crippen molar-refractivity contribution in [2.75, 3.05) is 26.9 Å². The maximum absolute atomic E-state index is 5.99. The Bertz CT molecular complexity index is 508. The number of fused-ring (bicyclic) bond motifs is 1. The lowest BCUT2D eigenvalue weighted by Gasteiger charge is -2.32. The smallest absolute Gasteiger partial charge is 0.217 e. The third kappa shape index (κ3) is 3.16. The Labute approximate surface area is 131 Å². The molecule has 1 aromatic heterocycles. The molecule has 0 spiro atoms. The van der Waals surface area contributed by atoms with E-state index in [0.717, 1.165) is 38.1 Å². The molecule has 0 aromatic carbocycles. The average Bonchev–Trinajstić information content (AvgIpc) is 2.91. The van der Waals surface area contributed by atoms with Gasteiger partial charge < -0.3 is 14.2 Å². The summed E-state index contributed by atoms with van der Waals surface area (Å²) in [7, 11) is 1.67. The molecule has 0 aliphatic carbocycles. The number of ether oxygens (including phenoxy) is 3. The number of hydrogen-bond donors (Lipinski definition) is 0. The molecule has 120 valence electrons. The molecule has 5 nitrogen and oxygen atoms in total. The van der Waals surface area contributed by atoms with Crippen molar-refractivity contribution in [3.8, 4) is 5.88 Å². The first-order chi connectivity index (χ1) is 10.8. The number of nitrogens with zero attached hydrogens (tertiary/aromatic N) is 2. The summed E-state index contributed by atoms with van der Waals surface area (Å²) in [5.41, 5.74) is 1.11. The second-order valence-corrected chi connectivity index (χ2v) is 5.81. The monoisotopic (exact) mass is 304 g/mol. The quantitative estimate of drug-likeness (QED) is 0.752. The molecule has 0 N–H and O–H groups in total. The molecular formula is C17H24N2O3. The highest BCUT2D eigenvalue weighted by molar-refractivity contribution is 5.25. The average molecular weight is 304 g/mol. The lowest BCUT2D eigenvalue weighted by Crippen LogP contribution is -2.41. The highest BCUT2D eigenvalue weighted by atomic mass is 16.5. The first-order valence-electron chi connectivity index (χ1n) is 7.89. The van der Waals surface area contributed by atoms with E-state index < -0.39 is 0 Å². The standard InChI is InChI=1S/C17H24N2O3/c1-3-9-21-15-12-19(14-7-5-10-22-16(14)15)11-13-6-4-8-18-17(13)20-2/h3-4,6,8,14-16H,1,5,7,9-12H2,2H3/t14-,15+,16+/m0/s1. The van der Waals surface area contributed by atoms with Gasteiger partial charge in [-0.1, -0.05) is 12.1 Å². The van der Waals surface area contributed by atoms with Crippen molar-refractivity contribution in [2.24, 2.45) is 0 Å². The Morgan fingerprint density at radius 1 is 1.55 bits per heavy atom. The lowest BCUT2D eigenvalue weighted by molar-refractivity contribution is -0.0721. The van der Waals surface area contributed by atoms with Gasteiger partial charge in [0, 0.05) is 37.5 Å². The van der Waals surface area contributed by atoms with E-state index in [1.165, 1.54) is 0 Å². The van der Waals surface area contributed by atoms with Crippen LogP contribution >= 0.6 is 0 Å². The normalized spacial score (nSPS) is 28.3. The van der Waals surface area contributed by atoms with Crippen LogP contribution in [0.3, 0.4) is 0 Å². The fourth-order valence-corrected chi connectivity index (χ4v) is 3.47. The number of methoxy groups -OCH3 is 1. The Morgan fingerprint density at radius 3 is 3.27 bits per heavy atom. The summed E-state index contributed by atoms with van der Waals surface area (Å²) >= 11 is 0.